The van der Waals surface area contributed by atoms with Crippen molar-refractivity contribution in [3.05, 3.63) is 70.4 Å². The van der Waals surface area contributed by atoms with Crippen LogP contribution in [0.15, 0.2) is 66.9 Å². The molecule has 0 unspecified atom stereocenters. The molecule has 0 fully saturated rings. The van der Waals surface area contributed by atoms with E-state index in [-0.39, 0.29) is 0 Å². The van der Waals surface area contributed by atoms with Gasteiger partial charge in [-0.25, -0.2) is 0 Å². The molecule has 1 aromatic heterocycles. The minimum atomic E-state index is 0.844. The monoisotopic (exact) mass is 361 g/mol. The third kappa shape index (κ3) is 2.81. The summed E-state index contributed by atoms with van der Waals surface area (Å²) < 4.78 is 6.99. The predicted molar refractivity (Wildman–Crippen MR) is 85.5 cm³/mol. The van der Waals surface area contributed by atoms with Crippen LogP contribution in [0, 0.1) is 3.57 Å². The molecule has 0 aliphatic carbocycles. The molecule has 2 nitrogen and oxygen atoms in total. The maximum atomic E-state index is 5.77. The van der Waals surface area contributed by atoms with Crippen LogP contribution < -0.4 is 4.74 Å². The maximum absolute atomic E-state index is 5.77. The molecule has 0 spiro atoms. The van der Waals surface area contributed by atoms with Gasteiger partial charge in [-0.1, -0.05) is 18.2 Å². The highest BCUT2D eigenvalue weighted by molar-refractivity contribution is 14.1. The lowest BCUT2D eigenvalue weighted by Crippen LogP contribution is -1.84. The number of halogens is 1. The lowest BCUT2D eigenvalue weighted by molar-refractivity contribution is 0.483. The molecule has 0 amide bonds. The van der Waals surface area contributed by atoms with E-state index in [2.05, 4.69) is 45.8 Å². The van der Waals surface area contributed by atoms with Gasteiger partial charge in [-0.2, -0.15) is 0 Å². The van der Waals surface area contributed by atoms with Gasteiger partial charge in [0, 0.05) is 9.77 Å². The summed E-state index contributed by atoms with van der Waals surface area (Å²) >= 11 is 2.32. The van der Waals surface area contributed by atoms with Gasteiger partial charge in [0.15, 0.2) is 0 Å². The van der Waals surface area contributed by atoms with E-state index in [1.54, 1.807) is 0 Å². The van der Waals surface area contributed by atoms with E-state index in [9.17, 15) is 0 Å². The normalized spacial score (nSPS) is 10.4. The van der Waals surface area contributed by atoms with Gasteiger partial charge < -0.3 is 9.72 Å². The number of hydrogen-bond donors (Lipinski definition) is 1. The zero-order valence-electron chi connectivity index (χ0n) is 10.1. The lowest BCUT2D eigenvalue weighted by Gasteiger charge is -2.06. The van der Waals surface area contributed by atoms with Gasteiger partial charge in [-0.15, -0.1) is 0 Å². The van der Waals surface area contributed by atoms with Crippen molar-refractivity contribution in [2.75, 3.05) is 0 Å². The van der Waals surface area contributed by atoms with Crippen LogP contribution in [0.25, 0.3) is 11.3 Å². The molecule has 0 radical (unpaired) electrons. The Kier molecular flexibility index (Phi) is 3.55. The van der Waals surface area contributed by atoms with Crippen molar-refractivity contribution in [2.45, 2.75) is 0 Å². The van der Waals surface area contributed by atoms with E-state index in [4.69, 9.17) is 4.74 Å². The lowest BCUT2D eigenvalue weighted by atomic mass is 10.1. The Hall–Kier alpha value is -1.75. The summed E-state index contributed by atoms with van der Waals surface area (Å²) in [5.74, 6) is 1.70. The zero-order chi connectivity index (χ0) is 13.1. The van der Waals surface area contributed by atoms with Crippen molar-refractivity contribution >= 4 is 22.6 Å². The fourth-order valence-electron chi connectivity index (χ4n) is 1.89. The third-order valence-electron chi connectivity index (χ3n) is 2.82. The van der Waals surface area contributed by atoms with E-state index in [0.29, 0.717) is 0 Å². The molecular formula is C16H12INO. The Bertz CT molecular complexity index is 659. The number of H-pyrrole nitrogens is 1. The molecule has 94 valence electrons. The average Bonchev–Trinajstić information content (AvgIpc) is 2.87. The Morgan fingerprint density at radius 2 is 1.47 bits per heavy atom. The number of aromatic amines is 1. The Balaban J connectivity index is 1.82. The first-order valence-corrected chi connectivity index (χ1v) is 7.07. The van der Waals surface area contributed by atoms with Gasteiger partial charge in [-0.05, 0) is 70.6 Å². The molecule has 3 rings (SSSR count). The van der Waals surface area contributed by atoms with Crippen molar-refractivity contribution in [2.24, 2.45) is 0 Å². The second kappa shape index (κ2) is 5.48. The van der Waals surface area contributed by atoms with E-state index >= 15 is 0 Å². The van der Waals surface area contributed by atoms with Crippen LogP contribution >= 0.6 is 22.6 Å². The van der Waals surface area contributed by atoms with Crippen molar-refractivity contribution < 1.29 is 4.74 Å². The first-order chi connectivity index (χ1) is 9.33. The molecule has 0 atom stereocenters. The molecule has 0 saturated carbocycles. The number of hydrogen-bond acceptors (Lipinski definition) is 1. The molecule has 0 aliphatic heterocycles. The topological polar surface area (TPSA) is 25.0 Å². The number of aromatic nitrogens is 1. The highest BCUT2D eigenvalue weighted by Gasteiger charge is 2.04. The fraction of sp³-hybridized carbons (Fsp3) is 0. The first-order valence-electron chi connectivity index (χ1n) is 5.99. The number of ether oxygens (including phenoxy) is 1. The molecule has 0 saturated heterocycles. The van der Waals surface area contributed by atoms with E-state index in [0.717, 1.165) is 22.8 Å². The number of benzene rings is 2. The van der Waals surface area contributed by atoms with Gasteiger partial charge >= 0.3 is 0 Å². The van der Waals surface area contributed by atoms with Gasteiger partial charge in [-0.3, -0.25) is 0 Å². The SMILES string of the molecule is Ic1cc[nH]c1-c1ccc(Oc2ccccc2)cc1. The molecule has 19 heavy (non-hydrogen) atoms. The second-order valence-electron chi connectivity index (χ2n) is 4.14. The Morgan fingerprint density at radius 3 is 2.11 bits per heavy atom. The maximum Gasteiger partial charge on any atom is 0.127 e. The van der Waals surface area contributed by atoms with Gasteiger partial charge in [0.1, 0.15) is 11.5 Å². The minimum absolute atomic E-state index is 0.844. The van der Waals surface area contributed by atoms with Crippen LogP contribution in [0.2, 0.25) is 0 Å². The molecular weight excluding hydrogens is 349 g/mol. The van der Waals surface area contributed by atoms with E-state index in [1.807, 2.05) is 48.7 Å². The summed E-state index contributed by atoms with van der Waals surface area (Å²) in [6, 6.07) is 19.9. The van der Waals surface area contributed by atoms with Gasteiger partial charge in [0.05, 0.1) is 5.69 Å². The summed E-state index contributed by atoms with van der Waals surface area (Å²) in [7, 11) is 0. The molecule has 1 N–H and O–H groups in total. The summed E-state index contributed by atoms with van der Waals surface area (Å²) in [4.78, 5) is 3.24. The van der Waals surface area contributed by atoms with Crippen molar-refractivity contribution in [1.82, 2.24) is 4.98 Å². The van der Waals surface area contributed by atoms with Gasteiger partial charge in [0.25, 0.3) is 0 Å². The van der Waals surface area contributed by atoms with Crippen molar-refractivity contribution in [3.63, 3.8) is 0 Å². The van der Waals surface area contributed by atoms with Crippen LogP contribution in [0.1, 0.15) is 0 Å². The fourth-order valence-corrected chi connectivity index (χ4v) is 2.53. The molecule has 1 heterocycles. The smallest absolute Gasteiger partial charge is 0.127 e. The summed E-state index contributed by atoms with van der Waals surface area (Å²) in [5, 5.41) is 0. The zero-order valence-corrected chi connectivity index (χ0v) is 12.3. The first kappa shape index (κ1) is 12.3. The standard InChI is InChI=1S/C16H12INO/c17-15-10-11-18-16(15)12-6-8-14(9-7-12)19-13-4-2-1-3-5-13/h1-11,18H. The predicted octanol–water partition coefficient (Wildman–Crippen LogP) is 5.08. The summed E-state index contributed by atoms with van der Waals surface area (Å²) in [6.07, 6.45) is 1.95. The van der Waals surface area contributed by atoms with Gasteiger partial charge in [0.2, 0.25) is 0 Å². The van der Waals surface area contributed by atoms with Crippen LogP contribution in [-0.4, -0.2) is 4.98 Å². The minimum Gasteiger partial charge on any atom is -0.457 e. The second-order valence-corrected chi connectivity index (χ2v) is 5.30. The Labute approximate surface area is 125 Å². The van der Waals surface area contributed by atoms with E-state index in [1.165, 1.54) is 3.57 Å². The molecule has 3 aromatic rings. The number of para-hydroxylation sites is 1. The quantitative estimate of drug-likeness (QED) is 0.647. The molecule has 0 aliphatic rings. The highest BCUT2D eigenvalue weighted by Crippen LogP contribution is 2.27. The van der Waals surface area contributed by atoms with Crippen LogP contribution in [0.5, 0.6) is 11.5 Å². The Morgan fingerprint density at radius 1 is 0.789 bits per heavy atom. The van der Waals surface area contributed by atoms with Crippen molar-refractivity contribution in [1.29, 1.82) is 0 Å². The number of nitrogens with one attached hydrogen (secondary N) is 1. The molecule has 3 heteroatoms. The van der Waals surface area contributed by atoms with Crippen LogP contribution in [0.3, 0.4) is 0 Å². The largest absolute Gasteiger partial charge is 0.457 e. The van der Waals surface area contributed by atoms with E-state index < -0.39 is 0 Å². The summed E-state index contributed by atoms with van der Waals surface area (Å²) in [5.41, 5.74) is 2.31. The summed E-state index contributed by atoms with van der Waals surface area (Å²) in [6.45, 7) is 0. The third-order valence-corrected chi connectivity index (χ3v) is 3.72. The van der Waals surface area contributed by atoms with Crippen LogP contribution in [-0.2, 0) is 0 Å². The average molecular weight is 361 g/mol. The number of rotatable bonds is 3. The van der Waals surface area contributed by atoms with Crippen LogP contribution in [0.4, 0.5) is 0 Å². The molecule has 0 bridgehead atoms. The molecule has 2 aromatic carbocycles. The van der Waals surface area contributed by atoms with Crippen molar-refractivity contribution in [3.8, 4) is 22.8 Å². The highest BCUT2D eigenvalue weighted by atomic mass is 127.